The van der Waals surface area contributed by atoms with E-state index < -0.39 is 16.1 Å². The van der Waals surface area contributed by atoms with Crippen LogP contribution in [0.5, 0.6) is 5.75 Å². The summed E-state index contributed by atoms with van der Waals surface area (Å²) in [6.07, 6.45) is 0.817. The van der Waals surface area contributed by atoms with Crippen LogP contribution in [-0.2, 0) is 16.6 Å². The molecule has 0 bridgehead atoms. The number of fused-ring (bicyclic) bond motifs is 1. The lowest BCUT2D eigenvalue weighted by atomic mass is 9.99. The van der Waals surface area contributed by atoms with Crippen molar-refractivity contribution < 1.29 is 23.1 Å². The number of likely N-dealkylation sites (N-methyl/N-ethyl adjacent to an activating group) is 1. The maximum Gasteiger partial charge on any atom is 0.258 e. The van der Waals surface area contributed by atoms with Gasteiger partial charge >= 0.3 is 0 Å². The summed E-state index contributed by atoms with van der Waals surface area (Å²) in [7, 11) is -1.48. The Hall–Kier alpha value is -3.40. The average Bonchev–Trinajstić information content (AvgIpc) is 2.90. The van der Waals surface area contributed by atoms with Gasteiger partial charge in [-0.25, -0.2) is 8.42 Å². The first-order valence-electron chi connectivity index (χ1n) is 13.1. The maximum absolute atomic E-state index is 13.5. The normalized spacial score (nSPS) is 18.6. The zero-order valence-corrected chi connectivity index (χ0v) is 23.7. The number of sulfonamides is 1. The molecule has 0 saturated carbocycles. The molecule has 0 aromatic heterocycles. The third-order valence-corrected chi connectivity index (χ3v) is 7.58. The molecular formula is C30H37N3O5S. The van der Waals surface area contributed by atoms with Crippen molar-refractivity contribution in [2.45, 2.75) is 32.5 Å². The lowest BCUT2D eigenvalue weighted by Crippen LogP contribution is -2.49. The maximum atomic E-state index is 13.5. The molecule has 208 valence electrons. The first kappa shape index (κ1) is 28.6. The quantitative estimate of drug-likeness (QED) is 0.416. The Morgan fingerprint density at radius 2 is 1.74 bits per heavy atom. The number of anilines is 1. The smallest absolute Gasteiger partial charge is 0.258 e. The molecule has 3 aromatic rings. The molecule has 2 N–H and O–H groups in total. The molecule has 1 aliphatic rings. The van der Waals surface area contributed by atoms with E-state index >= 15 is 0 Å². The second-order valence-electron chi connectivity index (χ2n) is 10.5. The van der Waals surface area contributed by atoms with Gasteiger partial charge in [0, 0.05) is 31.2 Å². The Morgan fingerprint density at radius 3 is 2.38 bits per heavy atom. The number of amides is 1. The van der Waals surface area contributed by atoms with Crippen LogP contribution in [-0.4, -0.2) is 74.4 Å². The number of hydrogen-bond donors (Lipinski definition) is 2. The second kappa shape index (κ2) is 12.2. The highest BCUT2D eigenvalue weighted by molar-refractivity contribution is 7.92. The van der Waals surface area contributed by atoms with Gasteiger partial charge in [0.1, 0.15) is 11.9 Å². The van der Waals surface area contributed by atoms with Crippen LogP contribution in [0.25, 0.3) is 11.1 Å². The van der Waals surface area contributed by atoms with E-state index in [1.807, 2.05) is 32.2 Å². The number of nitrogens with zero attached hydrogens (tertiary/aromatic N) is 2. The lowest BCUT2D eigenvalue weighted by molar-refractivity contribution is 0.0341. The number of ether oxygens (including phenoxy) is 1. The number of aliphatic hydroxyl groups excluding tert-OH is 1. The number of carbonyl (C=O) groups excluding carboxylic acids is 1. The number of carbonyl (C=O) groups is 1. The fourth-order valence-corrected chi connectivity index (χ4v) is 5.39. The van der Waals surface area contributed by atoms with E-state index in [1.54, 1.807) is 24.0 Å². The first-order valence-corrected chi connectivity index (χ1v) is 15.0. The van der Waals surface area contributed by atoms with Crippen LogP contribution >= 0.6 is 0 Å². The van der Waals surface area contributed by atoms with Gasteiger partial charge in [0.2, 0.25) is 10.0 Å². The van der Waals surface area contributed by atoms with Gasteiger partial charge in [-0.2, -0.15) is 0 Å². The fourth-order valence-electron chi connectivity index (χ4n) is 4.83. The van der Waals surface area contributed by atoms with Crippen molar-refractivity contribution >= 4 is 21.6 Å². The highest BCUT2D eigenvalue weighted by atomic mass is 32.2. The Labute approximate surface area is 231 Å². The molecule has 39 heavy (non-hydrogen) atoms. The topological polar surface area (TPSA) is 99.2 Å². The summed E-state index contributed by atoms with van der Waals surface area (Å²) in [5.74, 6) is 0.0695. The SMILES string of the molecule is C[C@H](CO)N1C[C@H](C)[C@H](CN(C)Cc2ccc(-c3ccccc3)cc2)Oc2ccc(NS(C)(=O)=O)cc2C1=O. The molecule has 1 heterocycles. The van der Waals surface area contributed by atoms with E-state index in [-0.39, 0.29) is 35.8 Å². The van der Waals surface area contributed by atoms with Crippen molar-refractivity contribution in [2.24, 2.45) is 5.92 Å². The van der Waals surface area contributed by atoms with Gasteiger partial charge in [0.25, 0.3) is 5.91 Å². The van der Waals surface area contributed by atoms with Crippen LogP contribution in [0.4, 0.5) is 5.69 Å². The lowest BCUT2D eigenvalue weighted by Gasteiger charge is -2.38. The van der Waals surface area contributed by atoms with Crippen LogP contribution < -0.4 is 9.46 Å². The summed E-state index contributed by atoms with van der Waals surface area (Å²) in [6, 6.07) is 23.1. The standard InChI is InChI=1S/C30H37N3O5S/c1-21-17-33(22(2)20-34)30(35)27-16-26(31-39(4,36)37)14-15-28(27)38-29(21)19-32(3)18-23-10-12-25(13-11-23)24-8-6-5-7-9-24/h5-16,21-22,29,31,34H,17-20H2,1-4H3/t21-,22+,29-/m0/s1. The molecule has 3 aromatic carbocycles. The predicted molar refractivity (Wildman–Crippen MR) is 154 cm³/mol. The molecule has 3 atom stereocenters. The van der Waals surface area contributed by atoms with Crippen molar-refractivity contribution in [3.05, 3.63) is 83.9 Å². The van der Waals surface area contributed by atoms with Gasteiger partial charge in [-0.1, -0.05) is 61.5 Å². The van der Waals surface area contributed by atoms with Crippen LogP contribution in [0.2, 0.25) is 0 Å². The summed E-state index contributed by atoms with van der Waals surface area (Å²) >= 11 is 0. The number of nitrogens with one attached hydrogen (secondary N) is 1. The number of hydrogen-bond acceptors (Lipinski definition) is 6. The molecule has 0 spiro atoms. The zero-order chi connectivity index (χ0) is 28.2. The van der Waals surface area contributed by atoms with E-state index in [0.29, 0.717) is 18.8 Å². The Bertz CT molecular complexity index is 1380. The minimum Gasteiger partial charge on any atom is -0.488 e. The molecule has 1 amide bonds. The van der Waals surface area contributed by atoms with E-state index in [2.05, 4.69) is 46.0 Å². The van der Waals surface area contributed by atoms with Crippen molar-refractivity contribution in [3.8, 4) is 16.9 Å². The Morgan fingerprint density at radius 1 is 1.08 bits per heavy atom. The predicted octanol–water partition coefficient (Wildman–Crippen LogP) is 4.08. The molecule has 0 fully saturated rings. The largest absolute Gasteiger partial charge is 0.488 e. The minimum absolute atomic E-state index is 0.0205. The Balaban J connectivity index is 1.54. The van der Waals surface area contributed by atoms with E-state index in [4.69, 9.17) is 4.74 Å². The van der Waals surface area contributed by atoms with Crippen LogP contribution in [0.15, 0.2) is 72.8 Å². The van der Waals surface area contributed by atoms with E-state index in [1.165, 1.54) is 22.8 Å². The second-order valence-corrected chi connectivity index (χ2v) is 12.2. The molecule has 0 radical (unpaired) electrons. The molecule has 9 heteroatoms. The van der Waals surface area contributed by atoms with Gasteiger partial charge in [-0.3, -0.25) is 14.4 Å². The third kappa shape index (κ3) is 7.38. The average molecular weight is 552 g/mol. The summed E-state index contributed by atoms with van der Waals surface area (Å²) in [5.41, 5.74) is 4.08. The molecule has 1 aliphatic heterocycles. The molecule has 0 unspecified atom stereocenters. The monoisotopic (exact) mass is 551 g/mol. The van der Waals surface area contributed by atoms with Crippen molar-refractivity contribution in [1.82, 2.24) is 9.80 Å². The summed E-state index contributed by atoms with van der Waals surface area (Å²) in [5, 5.41) is 9.85. The van der Waals surface area contributed by atoms with Gasteiger partial charge in [-0.05, 0) is 48.9 Å². The van der Waals surface area contributed by atoms with Crippen molar-refractivity contribution in [1.29, 1.82) is 0 Å². The van der Waals surface area contributed by atoms with Crippen LogP contribution in [0.1, 0.15) is 29.8 Å². The van der Waals surface area contributed by atoms with Crippen molar-refractivity contribution in [2.75, 3.05) is 37.7 Å². The Kier molecular flexibility index (Phi) is 8.94. The number of benzene rings is 3. The molecular weight excluding hydrogens is 514 g/mol. The molecule has 0 saturated heterocycles. The fraction of sp³-hybridized carbons (Fsp3) is 0.367. The summed E-state index contributed by atoms with van der Waals surface area (Å²) in [4.78, 5) is 17.3. The number of rotatable bonds is 9. The van der Waals surface area contributed by atoms with Gasteiger partial charge in [0.15, 0.2) is 0 Å². The highest BCUT2D eigenvalue weighted by Gasteiger charge is 2.33. The summed E-state index contributed by atoms with van der Waals surface area (Å²) in [6.45, 7) is 5.39. The van der Waals surface area contributed by atoms with Gasteiger partial charge in [-0.15, -0.1) is 0 Å². The van der Waals surface area contributed by atoms with Gasteiger partial charge < -0.3 is 14.7 Å². The highest BCUT2D eigenvalue weighted by Crippen LogP contribution is 2.31. The van der Waals surface area contributed by atoms with E-state index in [0.717, 1.165) is 12.8 Å². The first-order chi connectivity index (χ1) is 18.5. The van der Waals surface area contributed by atoms with Crippen LogP contribution in [0, 0.1) is 5.92 Å². The molecule has 4 rings (SSSR count). The minimum atomic E-state index is -3.52. The van der Waals surface area contributed by atoms with Gasteiger partial charge in [0.05, 0.1) is 24.5 Å². The number of aliphatic hydroxyl groups is 1. The third-order valence-electron chi connectivity index (χ3n) is 6.97. The summed E-state index contributed by atoms with van der Waals surface area (Å²) < 4.78 is 32.4. The molecule has 0 aliphatic carbocycles. The van der Waals surface area contributed by atoms with Crippen molar-refractivity contribution in [3.63, 3.8) is 0 Å². The molecule has 8 nitrogen and oxygen atoms in total. The zero-order valence-electron chi connectivity index (χ0n) is 22.9. The van der Waals surface area contributed by atoms with Crippen LogP contribution in [0.3, 0.4) is 0 Å². The van der Waals surface area contributed by atoms with E-state index in [9.17, 15) is 18.3 Å².